The highest BCUT2D eigenvalue weighted by atomic mass is 32.2. The number of anilines is 2. The Bertz CT molecular complexity index is 1310. The van der Waals surface area contributed by atoms with Gasteiger partial charge in [-0.05, 0) is 25.1 Å². The molecule has 1 aliphatic rings. The standard InChI is InChI=1S/C23H26F2N6O4S2/c1-16(13-32)35-21-11-20(27-15-28-21)29-37(33,34)31-10-9-30(18-5-7-26-8-6-18)12-22(31)36-14-17-3-2-4-19(24)23(17)25/h2-8,11,15-16,22,32H,9-10,12-14H2,1H3,(H,27,28,29)/t16-,22?/m1/s1. The van der Waals surface area contributed by atoms with Gasteiger partial charge in [0.15, 0.2) is 11.6 Å². The first-order valence-electron chi connectivity index (χ1n) is 11.4. The van der Waals surface area contributed by atoms with E-state index in [1.54, 1.807) is 19.3 Å². The maximum atomic E-state index is 14.3. The lowest BCUT2D eigenvalue weighted by atomic mass is 10.2. The van der Waals surface area contributed by atoms with Gasteiger partial charge >= 0.3 is 10.2 Å². The van der Waals surface area contributed by atoms with Crippen molar-refractivity contribution in [3.63, 3.8) is 0 Å². The summed E-state index contributed by atoms with van der Waals surface area (Å²) in [5, 5.41) is 8.55. The topological polar surface area (TPSA) is 121 Å². The van der Waals surface area contributed by atoms with Gasteiger partial charge in [-0.1, -0.05) is 12.1 Å². The second-order valence-electron chi connectivity index (χ2n) is 8.20. The molecule has 2 N–H and O–H groups in total. The van der Waals surface area contributed by atoms with Crippen LogP contribution in [0.1, 0.15) is 12.5 Å². The highest BCUT2D eigenvalue weighted by Crippen LogP contribution is 2.30. The summed E-state index contributed by atoms with van der Waals surface area (Å²) in [6, 6.07) is 8.90. The van der Waals surface area contributed by atoms with E-state index in [2.05, 4.69) is 19.7 Å². The summed E-state index contributed by atoms with van der Waals surface area (Å²) in [6.45, 7) is 2.24. The van der Waals surface area contributed by atoms with Crippen LogP contribution >= 0.6 is 11.8 Å². The number of halogens is 2. The third-order valence-corrected chi connectivity index (χ3v) is 8.46. The molecular formula is C23H26F2N6O4S2. The molecule has 0 saturated carbocycles. The van der Waals surface area contributed by atoms with Crippen molar-refractivity contribution in [1.82, 2.24) is 19.3 Å². The highest BCUT2D eigenvalue weighted by Gasteiger charge is 2.36. The molecule has 3 aromatic rings. The number of nitrogens with one attached hydrogen (secondary N) is 1. The van der Waals surface area contributed by atoms with E-state index in [1.807, 2.05) is 17.0 Å². The van der Waals surface area contributed by atoms with Crippen LogP contribution in [0.2, 0.25) is 0 Å². The molecule has 0 spiro atoms. The van der Waals surface area contributed by atoms with Crippen molar-refractivity contribution in [3.05, 3.63) is 72.3 Å². The Morgan fingerprint density at radius 2 is 2.00 bits per heavy atom. The van der Waals surface area contributed by atoms with Gasteiger partial charge in [-0.15, -0.1) is 11.8 Å². The highest BCUT2D eigenvalue weighted by molar-refractivity contribution is 8.00. The molecule has 0 amide bonds. The SMILES string of the molecule is C[C@H](CO)Oc1cc(NS(=O)(=O)N2CCN(c3ccncc3)CC2SCc2cccc(F)c2F)ncn1. The molecule has 2 aromatic heterocycles. The number of hydrogen-bond donors (Lipinski definition) is 2. The Balaban J connectivity index is 1.55. The summed E-state index contributed by atoms with van der Waals surface area (Å²) >= 11 is 1.19. The molecule has 10 nitrogen and oxygen atoms in total. The first-order chi connectivity index (χ1) is 17.8. The monoisotopic (exact) mass is 552 g/mol. The van der Waals surface area contributed by atoms with Crippen molar-refractivity contribution in [1.29, 1.82) is 0 Å². The van der Waals surface area contributed by atoms with Crippen LogP contribution in [0.15, 0.2) is 55.1 Å². The number of ether oxygens (including phenoxy) is 1. The van der Waals surface area contributed by atoms with Crippen LogP contribution in [0.4, 0.5) is 20.3 Å². The van der Waals surface area contributed by atoms with Crippen LogP contribution in [0.25, 0.3) is 0 Å². The van der Waals surface area contributed by atoms with E-state index in [1.165, 1.54) is 34.3 Å². The van der Waals surface area contributed by atoms with Crippen LogP contribution in [0.5, 0.6) is 5.88 Å². The van der Waals surface area contributed by atoms with Crippen LogP contribution in [-0.2, 0) is 16.0 Å². The van der Waals surface area contributed by atoms with Crippen LogP contribution in [0, 0.1) is 11.6 Å². The zero-order valence-corrected chi connectivity index (χ0v) is 21.5. The lowest BCUT2D eigenvalue weighted by Crippen LogP contribution is -2.55. The summed E-state index contributed by atoms with van der Waals surface area (Å²) < 4.78 is 64.0. The maximum Gasteiger partial charge on any atom is 0.303 e. The predicted octanol–water partition coefficient (Wildman–Crippen LogP) is 2.65. The molecule has 14 heteroatoms. The normalized spacial score (nSPS) is 17.4. The molecule has 1 fully saturated rings. The van der Waals surface area contributed by atoms with Gasteiger partial charge < -0.3 is 14.7 Å². The number of aliphatic hydroxyl groups is 1. The van der Waals surface area contributed by atoms with Crippen molar-refractivity contribution >= 4 is 33.5 Å². The average Bonchev–Trinajstić information content (AvgIpc) is 2.89. The smallest absolute Gasteiger partial charge is 0.303 e. The number of rotatable bonds is 10. The van der Waals surface area contributed by atoms with E-state index in [9.17, 15) is 22.3 Å². The molecule has 0 aliphatic carbocycles. The maximum absolute atomic E-state index is 14.3. The molecule has 198 valence electrons. The van der Waals surface area contributed by atoms with Gasteiger partial charge in [0.25, 0.3) is 0 Å². The molecule has 4 rings (SSSR count). The molecule has 0 bridgehead atoms. The minimum absolute atomic E-state index is 0.00775. The molecule has 1 aliphatic heterocycles. The fourth-order valence-electron chi connectivity index (χ4n) is 3.67. The number of benzene rings is 1. The first-order valence-corrected chi connectivity index (χ1v) is 13.8. The van der Waals surface area contributed by atoms with Gasteiger partial charge in [0.2, 0.25) is 5.88 Å². The Morgan fingerprint density at radius 1 is 1.22 bits per heavy atom. The van der Waals surface area contributed by atoms with Crippen LogP contribution in [-0.4, -0.2) is 70.5 Å². The zero-order chi connectivity index (χ0) is 26.4. The molecule has 37 heavy (non-hydrogen) atoms. The number of pyridine rings is 1. The van der Waals surface area contributed by atoms with E-state index in [4.69, 9.17) is 4.74 Å². The van der Waals surface area contributed by atoms with Crippen molar-refractivity contribution in [2.24, 2.45) is 0 Å². The Labute approximate surface area is 217 Å². The second-order valence-corrected chi connectivity index (χ2v) is 11.0. The third-order valence-electron chi connectivity index (χ3n) is 5.54. The largest absolute Gasteiger partial charge is 0.472 e. The second kappa shape index (κ2) is 12.0. The summed E-state index contributed by atoms with van der Waals surface area (Å²) in [7, 11) is -4.10. The fourth-order valence-corrected chi connectivity index (χ4v) is 6.54. The summed E-state index contributed by atoms with van der Waals surface area (Å²) in [5.74, 6) is -1.75. The Morgan fingerprint density at radius 3 is 2.76 bits per heavy atom. The van der Waals surface area contributed by atoms with Crippen molar-refractivity contribution < 1.29 is 27.0 Å². The number of thioether (sulfide) groups is 1. The van der Waals surface area contributed by atoms with E-state index in [0.29, 0.717) is 13.1 Å². The minimum atomic E-state index is -4.10. The van der Waals surface area contributed by atoms with Crippen molar-refractivity contribution in [2.75, 3.05) is 35.9 Å². The number of hydrogen-bond acceptors (Lipinski definition) is 9. The summed E-state index contributed by atoms with van der Waals surface area (Å²) in [4.78, 5) is 13.9. The van der Waals surface area contributed by atoms with E-state index in [-0.39, 0.29) is 36.2 Å². The molecule has 1 saturated heterocycles. The Hall–Kier alpha value is -3.07. The van der Waals surface area contributed by atoms with Crippen LogP contribution < -0.4 is 14.4 Å². The van der Waals surface area contributed by atoms with Crippen LogP contribution in [0.3, 0.4) is 0 Å². The number of aliphatic hydroxyl groups excluding tert-OH is 1. The van der Waals surface area contributed by atoms with Gasteiger partial charge in [-0.25, -0.2) is 18.7 Å². The lowest BCUT2D eigenvalue weighted by molar-refractivity contribution is 0.125. The molecule has 1 aromatic carbocycles. The van der Waals surface area contributed by atoms with Gasteiger partial charge in [0.1, 0.15) is 18.2 Å². The van der Waals surface area contributed by atoms with Crippen molar-refractivity contribution in [2.45, 2.75) is 24.2 Å². The zero-order valence-electron chi connectivity index (χ0n) is 19.9. The number of aromatic nitrogens is 3. The third kappa shape index (κ3) is 6.83. The van der Waals surface area contributed by atoms with Crippen molar-refractivity contribution in [3.8, 4) is 5.88 Å². The fraction of sp³-hybridized carbons (Fsp3) is 0.348. The first kappa shape index (κ1) is 27.0. The van der Waals surface area contributed by atoms with Gasteiger partial charge in [0.05, 0.1) is 12.0 Å². The minimum Gasteiger partial charge on any atom is -0.472 e. The number of nitrogens with zero attached hydrogens (tertiary/aromatic N) is 5. The quantitative estimate of drug-likeness (QED) is 0.391. The Kier molecular flexibility index (Phi) is 8.74. The van der Waals surface area contributed by atoms with E-state index >= 15 is 0 Å². The average molecular weight is 553 g/mol. The molecule has 1 unspecified atom stereocenters. The summed E-state index contributed by atoms with van der Waals surface area (Å²) in [5.41, 5.74) is 1.02. The molecule has 0 radical (unpaired) electrons. The molecule has 2 atom stereocenters. The molecular weight excluding hydrogens is 526 g/mol. The molecule has 3 heterocycles. The summed E-state index contributed by atoms with van der Waals surface area (Å²) in [6.07, 6.45) is 3.91. The van der Waals surface area contributed by atoms with Gasteiger partial charge in [-0.2, -0.15) is 12.7 Å². The number of piperazine rings is 1. The lowest BCUT2D eigenvalue weighted by Gasteiger charge is -2.41. The van der Waals surface area contributed by atoms with E-state index < -0.39 is 33.3 Å². The van der Waals surface area contributed by atoms with E-state index in [0.717, 1.165) is 18.1 Å². The van der Waals surface area contributed by atoms with Gasteiger partial charge in [0, 0.05) is 55.1 Å². The predicted molar refractivity (Wildman–Crippen MR) is 136 cm³/mol. The van der Waals surface area contributed by atoms with Gasteiger partial charge in [-0.3, -0.25) is 9.71 Å².